The van der Waals surface area contributed by atoms with Crippen LogP contribution in [0.1, 0.15) is 41.2 Å². The smallest absolute Gasteiger partial charge is 0.330 e. The summed E-state index contributed by atoms with van der Waals surface area (Å²) < 4.78 is 39.7. The number of benzene rings is 3. The molecule has 59 heavy (non-hydrogen) atoms. The first-order valence-corrected chi connectivity index (χ1v) is 18.5. The molecule has 3 aliphatic rings. The number of hydrogen-bond acceptors (Lipinski definition) is 16. The molecular formula is C42H47O17+. The lowest BCUT2D eigenvalue weighted by Crippen LogP contribution is -2.59. The van der Waals surface area contributed by atoms with Gasteiger partial charge in [-0.2, -0.15) is 0 Å². The van der Waals surface area contributed by atoms with E-state index in [2.05, 4.69) is 13.2 Å². The normalized spacial score (nSPS) is 27.8. The second-order valence-corrected chi connectivity index (χ2v) is 14.2. The van der Waals surface area contributed by atoms with Crippen LogP contribution in [0.5, 0.6) is 34.5 Å². The van der Waals surface area contributed by atoms with Crippen molar-refractivity contribution in [1.82, 2.24) is 0 Å². The summed E-state index contributed by atoms with van der Waals surface area (Å²) in [5.41, 5.74) is 1.29. The Labute approximate surface area is 338 Å². The maximum Gasteiger partial charge on any atom is 0.330 e. The second-order valence-electron chi connectivity index (χ2n) is 14.2. The van der Waals surface area contributed by atoms with Gasteiger partial charge in [0.25, 0.3) is 11.9 Å². The summed E-state index contributed by atoms with van der Waals surface area (Å²) >= 11 is 0. The van der Waals surface area contributed by atoms with Crippen molar-refractivity contribution in [3.8, 4) is 34.5 Å². The van der Waals surface area contributed by atoms with E-state index in [0.717, 1.165) is 6.08 Å². The van der Waals surface area contributed by atoms with Crippen LogP contribution in [0, 0.1) is 6.92 Å². The zero-order valence-corrected chi connectivity index (χ0v) is 31.8. The summed E-state index contributed by atoms with van der Waals surface area (Å²) in [6.45, 7) is 8.37. The molecule has 10 N–H and O–H groups in total. The maximum absolute atomic E-state index is 12.5. The predicted octanol–water partition coefficient (Wildman–Crippen LogP) is 2.56. The Hall–Kier alpha value is -5.79. The number of phenolic OH excluding ortho intramolecular Hbond substituents is 4. The summed E-state index contributed by atoms with van der Waals surface area (Å²) in [6, 6.07) is 11.2. The van der Waals surface area contributed by atoms with Crippen molar-refractivity contribution in [3.63, 3.8) is 0 Å². The molecule has 3 aromatic carbocycles. The van der Waals surface area contributed by atoms with Crippen LogP contribution in [0.3, 0.4) is 0 Å². The minimum absolute atomic E-state index is 0.00923. The number of rotatable bonds is 14. The zero-order chi connectivity index (χ0) is 42.5. The van der Waals surface area contributed by atoms with Gasteiger partial charge < -0.3 is 79.1 Å². The third kappa shape index (κ3) is 10.1. The van der Waals surface area contributed by atoms with Crippen molar-refractivity contribution >= 4 is 18.1 Å². The molecule has 0 bridgehead atoms. The van der Waals surface area contributed by atoms with Crippen molar-refractivity contribution in [2.45, 2.75) is 81.2 Å². The Bertz CT molecular complexity index is 2040. The molecular weight excluding hydrogens is 776 g/mol. The predicted molar refractivity (Wildman–Crippen MR) is 207 cm³/mol. The van der Waals surface area contributed by atoms with Gasteiger partial charge in [0.05, 0.1) is 29.6 Å². The highest BCUT2D eigenvalue weighted by molar-refractivity contribution is 5.87. The third-order valence-corrected chi connectivity index (χ3v) is 9.76. The van der Waals surface area contributed by atoms with Gasteiger partial charge in [-0.05, 0) is 48.4 Å². The third-order valence-electron chi connectivity index (χ3n) is 9.76. The lowest BCUT2D eigenvalue weighted by Gasteiger charge is -2.40. The molecule has 0 aromatic heterocycles. The van der Waals surface area contributed by atoms with Crippen molar-refractivity contribution < 1.29 is 83.9 Å². The molecule has 316 valence electrons. The van der Waals surface area contributed by atoms with Gasteiger partial charge in [0.2, 0.25) is 12.6 Å². The first-order valence-electron chi connectivity index (χ1n) is 18.5. The van der Waals surface area contributed by atoms with Gasteiger partial charge in [0, 0.05) is 31.1 Å². The standard InChI is InChI=1S/C42H46O17/c1-4-5-21(3)53-18-26-16-29(46)36(49)41(55-26)57-31-15-25(44)14-30-27(31)17-32(40(56-30)23-12-20(2)35(48)28(45)13-23)58-42-39(52)38(51)37(50)33(59-42)19-54-34(47)11-8-22-6-9-24(43)10-7-22/h4,6-15,17,26,29,33,36-46,48-52H,1,3,5,16,18-19H2,2H3/p+1. The van der Waals surface area contributed by atoms with Gasteiger partial charge >= 0.3 is 5.97 Å². The van der Waals surface area contributed by atoms with E-state index in [1.54, 1.807) is 18.2 Å². The van der Waals surface area contributed by atoms with Crippen LogP contribution in [-0.4, -0.2) is 125 Å². The highest BCUT2D eigenvalue weighted by Crippen LogP contribution is 2.47. The Kier molecular flexibility index (Phi) is 13.4. The van der Waals surface area contributed by atoms with Crippen molar-refractivity contribution in [3.05, 3.63) is 108 Å². The molecule has 3 heterocycles. The molecule has 10 atom stereocenters. The number of fused-ring (bicyclic) bond motifs is 1. The van der Waals surface area contributed by atoms with Gasteiger partial charge in [0.15, 0.2) is 17.3 Å². The Morgan fingerprint density at radius 3 is 2.31 bits per heavy atom. The van der Waals surface area contributed by atoms with Crippen LogP contribution < -0.4 is 4.74 Å². The van der Waals surface area contributed by atoms with E-state index >= 15 is 0 Å². The molecule has 2 saturated heterocycles. The summed E-state index contributed by atoms with van der Waals surface area (Å²) in [4.78, 5) is 12.5. The van der Waals surface area contributed by atoms with Crippen LogP contribution >= 0.6 is 0 Å². The molecule has 6 rings (SSSR count). The molecule has 3 aromatic rings. The van der Waals surface area contributed by atoms with E-state index < -0.39 is 79.7 Å². The van der Waals surface area contributed by atoms with Crippen LogP contribution in [0.2, 0.25) is 0 Å². The van der Waals surface area contributed by atoms with E-state index in [1.807, 2.05) is 0 Å². The van der Waals surface area contributed by atoms with Crippen molar-refractivity contribution in [2.75, 3.05) is 13.2 Å². The fourth-order valence-electron chi connectivity index (χ4n) is 6.58. The summed E-state index contributed by atoms with van der Waals surface area (Å²) in [7, 11) is 0. The minimum Gasteiger partial charge on any atom is -0.571 e. The number of aromatic hydroxyl groups is 5. The van der Waals surface area contributed by atoms with E-state index in [1.165, 1.54) is 55.5 Å². The van der Waals surface area contributed by atoms with Crippen molar-refractivity contribution in [1.29, 1.82) is 0 Å². The highest BCUT2D eigenvalue weighted by Gasteiger charge is 2.48. The second kappa shape index (κ2) is 18.4. The number of allylic oxidation sites excluding steroid dienone is 1. The molecule has 0 saturated carbocycles. The average molecular weight is 824 g/mol. The summed E-state index contributed by atoms with van der Waals surface area (Å²) in [5, 5.41) is 95.3. The number of aliphatic hydroxyl groups excluding tert-OH is 5. The molecule has 2 fully saturated rings. The number of aryl methyl sites for hydroxylation is 1. The fraction of sp³-hybridized carbons (Fsp3) is 0.357. The molecule has 0 amide bonds. The summed E-state index contributed by atoms with van der Waals surface area (Å²) in [5.74, 6) is -1.60. The molecule has 0 aliphatic carbocycles. The highest BCUT2D eigenvalue weighted by atomic mass is 16.7. The molecule has 17 heteroatoms. The van der Waals surface area contributed by atoms with Crippen LogP contribution in [0.15, 0.2) is 85.4 Å². The Balaban J connectivity index is 1.28. The number of aliphatic hydroxyl groups is 6. The SMILES string of the molecule is C=CCC(=C)OCC1CC(O)C(O)C(Oc2cc(O)cc3c2C=C(OC2OC(COC(=O)C=Cc4ccc(O)cc4)C(O)C(O)C2O)C(c2cc(C)c(O)c(O)c2)[OH+]3)O1. The number of carbonyl (C=O) groups is 1. The molecule has 17 nitrogen and oxygen atoms in total. The van der Waals surface area contributed by atoms with Crippen molar-refractivity contribution in [2.24, 2.45) is 0 Å². The summed E-state index contributed by atoms with van der Waals surface area (Å²) in [6.07, 6.45) is -8.83. The zero-order valence-electron chi connectivity index (χ0n) is 31.8. The maximum atomic E-state index is 12.5. The van der Waals surface area contributed by atoms with Crippen LogP contribution in [-0.2, 0) is 28.5 Å². The van der Waals surface area contributed by atoms with Gasteiger partial charge in [-0.25, -0.2) is 4.79 Å². The van der Waals surface area contributed by atoms with Crippen LogP contribution in [0.25, 0.3) is 12.2 Å². The average Bonchev–Trinajstić information content (AvgIpc) is 3.20. The number of carbonyl (C=O) groups excluding carboxylic acids is 1. The van der Waals surface area contributed by atoms with Gasteiger partial charge in [0.1, 0.15) is 66.5 Å². The number of esters is 1. The minimum atomic E-state index is -1.87. The van der Waals surface area contributed by atoms with Gasteiger partial charge in [-0.15, -0.1) is 6.58 Å². The topological polar surface area (TPSA) is 267 Å². The van der Waals surface area contributed by atoms with E-state index in [4.69, 9.17) is 33.2 Å². The molecule has 0 spiro atoms. The van der Waals surface area contributed by atoms with Gasteiger partial charge in [-0.3, -0.25) is 0 Å². The largest absolute Gasteiger partial charge is 0.571 e. The molecule has 3 aliphatic heterocycles. The number of ether oxygens (including phenoxy) is 7. The fourth-order valence-corrected chi connectivity index (χ4v) is 6.58. The Morgan fingerprint density at radius 1 is 0.864 bits per heavy atom. The molecule has 10 unspecified atom stereocenters. The monoisotopic (exact) mass is 823 g/mol. The number of phenols is 4. The lowest BCUT2D eigenvalue weighted by molar-refractivity contribution is -0.296. The quantitative estimate of drug-likeness (QED) is 0.0282. The van der Waals surface area contributed by atoms with E-state index in [9.17, 15) is 50.8 Å². The lowest BCUT2D eigenvalue weighted by atomic mass is 9.97. The first-order chi connectivity index (χ1) is 28.1. The number of hydrogen-bond donors (Lipinski definition) is 9. The van der Waals surface area contributed by atoms with E-state index in [0.29, 0.717) is 17.7 Å². The van der Waals surface area contributed by atoms with E-state index in [-0.39, 0.29) is 64.2 Å². The first kappa shape index (κ1) is 42.8. The Morgan fingerprint density at radius 2 is 1.59 bits per heavy atom. The molecule has 0 radical (unpaired) electrons. The van der Waals surface area contributed by atoms with Gasteiger partial charge in [-0.1, -0.05) is 24.8 Å². The van der Waals surface area contributed by atoms with Crippen LogP contribution in [0.4, 0.5) is 0 Å².